The Balaban J connectivity index is 2.10. The van der Waals surface area contributed by atoms with E-state index in [1.807, 2.05) is 0 Å². The molecule has 0 heterocycles. The fourth-order valence-electron chi connectivity index (χ4n) is 2.24. The van der Waals surface area contributed by atoms with Crippen molar-refractivity contribution in [1.82, 2.24) is 5.32 Å². The summed E-state index contributed by atoms with van der Waals surface area (Å²) in [5.74, 6) is 0.564. The van der Waals surface area contributed by atoms with Gasteiger partial charge in [-0.05, 0) is 43.4 Å². The molecule has 0 bridgehead atoms. The maximum absolute atomic E-state index is 12.2. The highest BCUT2D eigenvalue weighted by Crippen LogP contribution is 2.33. The van der Waals surface area contributed by atoms with Crippen LogP contribution in [0.5, 0.6) is 0 Å². The van der Waals surface area contributed by atoms with E-state index in [0.29, 0.717) is 22.1 Å². The van der Waals surface area contributed by atoms with Gasteiger partial charge < -0.3 is 5.32 Å². The smallest absolute Gasteiger partial charge is 0.261 e. The van der Waals surface area contributed by atoms with Crippen molar-refractivity contribution < 1.29 is 13.2 Å². The number of carbonyl (C=O) groups excluding carboxylic acids is 1. The van der Waals surface area contributed by atoms with Crippen molar-refractivity contribution in [3.8, 4) is 0 Å². The summed E-state index contributed by atoms with van der Waals surface area (Å²) in [6.07, 6.45) is 4.69. The molecule has 2 rings (SSSR count). The molecule has 0 aliphatic heterocycles. The normalized spacial score (nSPS) is 15.0. The van der Waals surface area contributed by atoms with Crippen LogP contribution in [0.3, 0.4) is 0 Å². The summed E-state index contributed by atoms with van der Waals surface area (Å²) in [5.41, 5.74) is 0.697. The van der Waals surface area contributed by atoms with E-state index in [1.54, 1.807) is 13.0 Å². The highest BCUT2D eigenvalue weighted by Gasteiger charge is 2.22. The van der Waals surface area contributed by atoms with E-state index in [2.05, 4.69) is 21.2 Å². The molecule has 7 heteroatoms. The van der Waals surface area contributed by atoms with Crippen molar-refractivity contribution >= 4 is 41.6 Å². The maximum Gasteiger partial charge on any atom is 0.261 e. The third-order valence-corrected chi connectivity index (χ3v) is 5.51. The molecule has 1 aliphatic rings. The molecule has 1 aromatic rings. The fourth-order valence-corrected chi connectivity index (χ4v) is 4.07. The Morgan fingerprint density at radius 3 is 2.67 bits per heavy atom. The van der Waals surface area contributed by atoms with Crippen molar-refractivity contribution in [2.45, 2.75) is 37.5 Å². The van der Waals surface area contributed by atoms with Gasteiger partial charge in [-0.15, -0.1) is 0 Å². The molecule has 0 radical (unpaired) electrons. The number of rotatable bonds is 6. The predicted octanol–water partition coefficient (Wildman–Crippen LogP) is 3.61. The minimum absolute atomic E-state index is 0.0401. The summed E-state index contributed by atoms with van der Waals surface area (Å²) in [6.45, 7) is 2.19. The minimum atomic E-state index is -3.88. The van der Waals surface area contributed by atoms with Crippen LogP contribution in [0.1, 0.15) is 41.6 Å². The second kappa shape index (κ2) is 6.67. The summed E-state index contributed by atoms with van der Waals surface area (Å²) in [7, 11) is 1.52. The van der Waals surface area contributed by atoms with Gasteiger partial charge in [-0.3, -0.25) is 4.79 Å². The zero-order valence-corrected chi connectivity index (χ0v) is 14.8. The van der Waals surface area contributed by atoms with Crippen molar-refractivity contribution in [2.24, 2.45) is 5.92 Å². The van der Waals surface area contributed by atoms with E-state index in [4.69, 9.17) is 10.7 Å². The zero-order chi connectivity index (χ0) is 15.6. The third-order valence-electron chi connectivity index (χ3n) is 3.60. The van der Waals surface area contributed by atoms with Crippen LogP contribution >= 0.6 is 26.6 Å². The van der Waals surface area contributed by atoms with E-state index in [0.717, 1.165) is 18.8 Å². The Hall–Kier alpha value is -0.590. The lowest BCUT2D eigenvalue weighted by Crippen LogP contribution is -2.25. The van der Waals surface area contributed by atoms with Crippen molar-refractivity contribution in [1.29, 1.82) is 0 Å². The molecular weight excluding hydrogens is 378 g/mol. The average molecular weight is 395 g/mol. The van der Waals surface area contributed by atoms with Crippen molar-refractivity contribution in [3.05, 3.63) is 27.7 Å². The van der Waals surface area contributed by atoms with Crippen LogP contribution in [0.15, 0.2) is 21.5 Å². The molecule has 0 unspecified atom stereocenters. The van der Waals surface area contributed by atoms with Gasteiger partial charge >= 0.3 is 0 Å². The first kappa shape index (κ1) is 16.8. The second-order valence-electron chi connectivity index (χ2n) is 5.36. The SMILES string of the molecule is Cc1c(C(=O)NCCCC2CC2)cc(Br)cc1S(=O)(=O)Cl. The Morgan fingerprint density at radius 1 is 1.43 bits per heavy atom. The lowest BCUT2D eigenvalue weighted by Gasteiger charge is -2.11. The van der Waals surface area contributed by atoms with Crippen LogP contribution in [0, 0.1) is 12.8 Å². The monoisotopic (exact) mass is 393 g/mol. The highest BCUT2D eigenvalue weighted by atomic mass is 79.9. The van der Waals surface area contributed by atoms with Crippen LogP contribution < -0.4 is 5.32 Å². The van der Waals surface area contributed by atoms with E-state index in [9.17, 15) is 13.2 Å². The molecule has 1 N–H and O–H groups in total. The summed E-state index contributed by atoms with van der Waals surface area (Å²) in [4.78, 5) is 12.1. The first-order valence-electron chi connectivity index (χ1n) is 6.82. The Kier molecular flexibility index (Phi) is 5.33. The standard InChI is InChI=1S/C14H17BrClNO3S/c1-9-12(7-11(15)8-13(9)21(16,19)20)14(18)17-6-2-3-10-4-5-10/h7-8,10H,2-6H2,1H3,(H,17,18). The van der Waals surface area contributed by atoms with E-state index < -0.39 is 9.05 Å². The van der Waals surface area contributed by atoms with Crippen molar-refractivity contribution in [2.75, 3.05) is 6.54 Å². The molecule has 1 saturated carbocycles. The lowest BCUT2D eigenvalue weighted by molar-refractivity contribution is 0.0952. The van der Waals surface area contributed by atoms with Crippen molar-refractivity contribution in [3.63, 3.8) is 0 Å². The number of amides is 1. The number of hydrogen-bond donors (Lipinski definition) is 1. The van der Waals surface area contributed by atoms with E-state index in [-0.39, 0.29) is 10.8 Å². The molecule has 0 spiro atoms. The number of hydrogen-bond acceptors (Lipinski definition) is 3. The number of benzene rings is 1. The van der Waals surface area contributed by atoms with Gasteiger partial charge in [0.15, 0.2) is 0 Å². The Bertz CT molecular complexity index is 656. The number of carbonyl (C=O) groups is 1. The van der Waals surface area contributed by atoms with Gasteiger partial charge in [0.1, 0.15) is 0 Å². The summed E-state index contributed by atoms with van der Waals surface area (Å²) >= 11 is 3.21. The summed E-state index contributed by atoms with van der Waals surface area (Å²) in [5, 5.41) is 2.83. The van der Waals surface area contributed by atoms with Gasteiger partial charge in [0, 0.05) is 27.3 Å². The van der Waals surface area contributed by atoms with Crippen LogP contribution in [0.25, 0.3) is 0 Å². The lowest BCUT2D eigenvalue weighted by atomic mass is 10.1. The van der Waals surface area contributed by atoms with Gasteiger partial charge in [-0.2, -0.15) is 0 Å². The van der Waals surface area contributed by atoms with Gasteiger partial charge in [-0.1, -0.05) is 28.8 Å². The molecule has 1 fully saturated rings. The molecule has 4 nitrogen and oxygen atoms in total. The Labute approximate surface area is 137 Å². The van der Waals surface area contributed by atoms with Gasteiger partial charge in [0.25, 0.3) is 15.0 Å². The summed E-state index contributed by atoms with van der Waals surface area (Å²) in [6, 6.07) is 3.01. The number of halogens is 2. The Morgan fingerprint density at radius 2 is 2.10 bits per heavy atom. The second-order valence-corrected chi connectivity index (χ2v) is 8.81. The zero-order valence-electron chi connectivity index (χ0n) is 11.7. The van der Waals surface area contributed by atoms with Gasteiger partial charge in [0.2, 0.25) is 0 Å². The molecule has 1 aliphatic carbocycles. The van der Waals surface area contributed by atoms with E-state index in [1.165, 1.54) is 18.9 Å². The molecule has 0 aromatic heterocycles. The quantitative estimate of drug-likeness (QED) is 0.592. The van der Waals surface area contributed by atoms with Crippen LogP contribution in [0.4, 0.5) is 0 Å². The topological polar surface area (TPSA) is 63.2 Å². The molecular formula is C14H17BrClNO3S. The first-order valence-corrected chi connectivity index (χ1v) is 9.92. The highest BCUT2D eigenvalue weighted by molar-refractivity contribution is 9.10. The maximum atomic E-state index is 12.2. The van der Waals surface area contributed by atoms with Gasteiger partial charge in [0.05, 0.1) is 4.90 Å². The molecule has 21 heavy (non-hydrogen) atoms. The third kappa shape index (κ3) is 4.69. The molecule has 0 atom stereocenters. The minimum Gasteiger partial charge on any atom is -0.352 e. The first-order chi connectivity index (χ1) is 9.79. The van der Waals surface area contributed by atoms with Crippen LogP contribution in [-0.2, 0) is 9.05 Å². The summed E-state index contributed by atoms with van der Waals surface area (Å²) < 4.78 is 23.6. The fraction of sp³-hybridized carbons (Fsp3) is 0.500. The van der Waals surface area contributed by atoms with Crippen LogP contribution in [0.2, 0.25) is 0 Å². The molecule has 0 saturated heterocycles. The average Bonchev–Trinajstić information content (AvgIpc) is 3.19. The van der Waals surface area contributed by atoms with Gasteiger partial charge in [-0.25, -0.2) is 8.42 Å². The molecule has 116 valence electrons. The largest absolute Gasteiger partial charge is 0.352 e. The molecule has 1 aromatic carbocycles. The molecule has 1 amide bonds. The van der Waals surface area contributed by atoms with E-state index >= 15 is 0 Å². The number of nitrogens with one attached hydrogen (secondary N) is 1. The predicted molar refractivity (Wildman–Crippen MR) is 86.2 cm³/mol. The van der Waals surface area contributed by atoms with Crippen LogP contribution in [-0.4, -0.2) is 20.9 Å².